The van der Waals surface area contributed by atoms with Crippen LogP contribution in [-0.4, -0.2) is 28.2 Å². The van der Waals surface area contributed by atoms with Crippen molar-refractivity contribution in [3.63, 3.8) is 0 Å². The molecular formula is C22H17FN6O4. The first-order chi connectivity index (χ1) is 15.6. The third kappa shape index (κ3) is 2.71. The number of aryl methyl sites for hydroxylation is 2. The van der Waals surface area contributed by atoms with E-state index in [9.17, 15) is 23.6 Å². The van der Waals surface area contributed by atoms with Gasteiger partial charge in [-0.1, -0.05) is 6.07 Å². The zero-order valence-corrected chi connectivity index (χ0v) is 18.1. The first-order valence-electron chi connectivity index (χ1n) is 9.88. The average Bonchev–Trinajstić information content (AvgIpc) is 2.81. The fourth-order valence-corrected chi connectivity index (χ4v) is 4.08. The molecule has 0 saturated carbocycles. The summed E-state index contributed by atoms with van der Waals surface area (Å²) in [5, 5.41) is 0.639. The van der Waals surface area contributed by atoms with Gasteiger partial charge >= 0.3 is 11.4 Å². The van der Waals surface area contributed by atoms with Gasteiger partial charge in [0.25, 0.3) is 11.1 Å². The molecule has 0 fully saturated rings. The van der Waals surface area contributed by atoms with E-state index >= 15 is 0 Å². The molecule has 0 N–H and O–H groups in total. The van der Waals surface area contributed by atoms with Gasteiger partial charge in [-0.05, 0) is 18.2 Å². The van der Waals surface area contributed by atoms with E-state index in [0.29, 0.717) is 10.9 Å². The van der Waals surface area contributed by atoms with E-state index in [-0.39, 0.29) is 33.3 Å². The third-order valence-corrected chi connectivity index (χ3v) is 5.89. The molecule has 5 rings (SSSR count). The van der Waals surface area contributed by atoms with Gasteiger partial charge in [-0.3, -0.25) is 27.9 Å². The summed E-state index contributed by atoms with van der Waals surface area (Å²) >= 11 is 0. The van der Waals surface area contributed by atoms with Crippen LogP contribution in [0.15, 0.2) is 49.5 Å². The van der Waals surface area contributed by atoms with Gasteiger partial charge in [0, 0.05) is 45.2 Å². The van der Waals surface area contributed by atoms with Gasteiger partial charge in [-0.25, -0.2) is 23.9 Å². The molecule has 0 bridgehead atoms. The molecule has 5 aromatic rings. The predicted molar refractivity (Wildman–Crippen MR) is 121 cm³/mol. The molecule has 0 aliphatic heterocycles. The Balaban J connectivity index is 2.15. The minimum atomic E-state index is -0.672. The van der Waals surface area contributed by atoms with Crippen molar-refractivity contribution in [1.29, 1.82) is 0 Å². The molecule has 166 valence electrons. The van der Waals surface area contributed by atoms with Crippen LogP contribution in [0.4, 0.5) is 4.39 Å². The molecule has 0 spiro atoms. The minimum Gasteiger partial charge on any atom is -0.280 e. The number of fused-ring (bicyclic) bond motifs is 3. The molecule has 0 amide bonds. The minimum absolute atomic E-state index is 0.00464. The number of hydrogen-bond acceptors (Lipinski definition) is 6. The van der Waals surface area contributed by atoms with Gasteiger partial charge in [0.1, 0.15) is 5.82 Å². The van der Waals surface area contributed by atoms with Gasteiger partial charge in [0.15, 0.2) is 11.3 Å². The van der Waals surface area contributed by atoms with Crippen LogP contribution in [0, 0.1) is 5.82 Å². The van der Waals surface area contributed by atoms with Gasteiger partial charge < -0.3 is 0 Å². The first kappa shape index (κ1) is 20.5. The smallest absolute Gasteiger partial charge is 0.280 e. The predicted octanol–water partition coefficient (Wildman–Crippen LogP) is 0.537. The van der Waals surface area contributed by atoms with Crippen molar-refractivity contribution >= 4 is 33.0 Å². The maximum absolute atomic E-state index is 13.9. The molecule has 4 aromatic heterocycles. The summed E-state index contributed by atoms with van der Waals surface area (Å²) in [5.41, 5.74) is -1.95. The maximum Gasteiger partial charge on any atom is 0.332 e. The summed E-state index contributed by atoms with van der Waals surface area (Å²) < 4.78 is 18.0. The van der Waals surface area contributed by atoms with Crippen molar-refractivity contribution in [2.24, 2.45) is 28.2 Å². The second-order valence-electron chi connectivity index (χ2n) is 7.83. The lowest BCUT2D eigenvalue weighted by atomic mass is 10.0. The number of benzene rings is 1. The van der Waals surface area contributed by atoms with Crippen molar-refractivity contribution in [2.75, 3.05) is 0 Å². The summed E-state index contributed by atoms with van der Waals surface area (Å²) in [6.45, 7) is 0. The van der Waals surface area contributed by atoms with E-state index in [1.54, 1.807) is 18.2 Å². The lowest BCUT2D eigenvalue weighted by Crippen LogP contribution is -2.40. The number of aromatic nitrogens is 6. The molecule has 0 saturated heterocycles. The van der Waals surface area contributed by atoms with Gasteiger partial charge in [-0.2, -0.15) is 0 Å². The first-order valence-corrected chi connectivity index (χ1v) is 9.88. The Labute approximate surface area is 183 Å². The molecule has 11 heteroatoms. The Bertz CT molecular complexity index is 1820. The molecule has 1 aromatic carbocycles. The second-order valence-corrected chi connectivity index (χ2v) is 7.83. The Morgan fingerprint density at radius 2 is 1.21 bits per heavy atom. The third-order valence-electron chi connectivity index (χ3n) is 5.89. The van der Waals surface area contributed by atoms with Crippen molar-refractivity contribution in [3.8, 4) is 11.3 Å². The van der Waals surface area contributed by atoms with Crippen LogP contribution in [0.5, 0.6) is 0 Å². The number of nitrogens with zero attached hydrogens (tertiary/aromatic N) is 6. The lowest BCUT2D eigenvalue weighted by Gasteiger charge is -2.15. The Kier molecular flexibility index (Phi) is 4.22. The molecule has 0 unspecified atom stereocenters. The van der Waals surface area contributed by atoms with Crippen LogP contribution in [0.25, 0.3) is 44.2 Å². The molecular weight excluding hydrogens is 431 g/mol. The number of halogens is 1. The summed E-state index contributed by atoms with van der Waals surface area (Å²) in [7, 11) is 5.52. The molecule has 10 nitrogen and oxygen atoms in total. The molecule has 0 atom stereocenters. The van der Waals surface area contributed by atoms with Crippen LogP contribution < -0.4 is 22.5 Å². The molecule has 4 heterocycles. The summed E-state index contributed by atoms with van der Waals surface area (Å²) in [5.74, 6) is -0.492. The highest BCUT2D eigenvalue weighted by molar-refractivity contribution is 6.07. The van der Waals surface area contributed by atoms with E-state index in [0.717, 1.165) is 9.13 Å². The van der Waals surface area contributed by atoms with Crippen LogP contribution in [-0.2, 0) is 28.2 Å². The van der Waals surface area contributed by atoms with Crippen LogP contribution in [0.3, 0.4) is 0 Å². The standard InChI is InChI=1S/C22H17FN6O4/c1-26-17-15(19(30)28(3)21(26)32)14(12-8-6-10-5-7-11(23)9-13(10)24-12)16-18(25-17)27(2)22(33)29(4)20(16)31/h5-9H,1-4H3. The lowest BCUT2D eigenvalue weighted by molar-refractivity contribution is 0.629. The number of pyridine rings is 2. The van der Waals surface area contributed by atoms with E-state index in [1.807, 2.05) is 0 Å². The van der Waals surface area contributed by atoms with E-state index in [2.05, 4.69) is 9.97 Å². The van der Waals surface area contributed by atoms with Gasteiger partial charge in [0.05, 0.1) is 22.0 Å². The Hall–Kier alpha value is -4.41. The largest absolute Gasteiger partial charge is 0.332 e. The summed E-state index contributed by atoms with van der Waals surface area (Å²) in [4.78, 5) is 60.5. The van der Waals surface area contributed by atoms with Gasteiger partial charge in [-0.15, -0.1) is 0 Å². The highest BCUT2D eigenvalue weighted by Gasteiger charge is 2.24. The number of rotatable bonds is 1. The van der Waals surface area contributed by atoms with Crippen molar-refractivity contribution < 1.29 is 4.39 Å². The molecule has 0 radical (unpaired) electrons. The van der Waals surface area contributed by atoms with E-state index in [4.69, 9.17) is 0 Å². The van der Waals surface area contributed by atoms with Crippen LogP contribution in [0.2, 0.25) is 0 Å². The summed E-state index contributed by atoms with van der Waals surface area (Å²) in [6.07, 6.45) is 0. The fraction of sp³-hybridized carbons (Fsp3) is 0.182. The van der Waals surface area contributed by atoms with Crippen LogP contribution >= 0.6 is 0 Å². The zero-order valence-electron chi connectivity index (χ0n) is 18.1. The Morgan fingerprint density at radius 3 is 1.76 bits per heavy atom. The SMILES string of the molecule is Cn1c(=O)c2c(-c3ccc4ccc(F)cc4n3)c3c(=O)n(C)c(=O)n(C)c3nc2n(C)c1=O. The van der Waals surface area contributed by atoms with Crippen molar-refractivity contribution in [2.45, 2.75) is 0 Å². The van der Waals surface area contributed by atoms with E-state index < -0.39 is 28.3 Å². The zero-order chi connectivity index (χ0) is 23.8. The fourth-order valence-electron chi connectivity index (χ4n) is 4.08. The average molecular weight is 448 g/mol. The molecule has 0 aliphatic rings. The Morgan fingerprint density at radius 1 is 0.697 bits per heavy atom. The normalized spacial score (nSPS) is 11.7. The summed E-state index contributed by atoms with van der Waals surface area (Å²) in [6, 6.07) is 7.40. The number of hydrogen-bond donors (Lipinski definition) is 0. The highest BCUT2D eigenvalue weighted by Crippen LogP contribution is 2.30. The van der Waals surface area contributed by atoms with Crippen molar-refractivity contribution in [3.05, 3.63) is 77.8 Å². The van der Waals surface area contributed by atoms with Crippen molar-refractivity contribution in [1.82, 2.24) is 28.2 Å². The maximum atomic E-state index is 13.9. The van der Waals surface area contributed by atoms with Crippen LogP contribution in [0.1, 0.15) is 0 Å². The topological polar surface area (TPSA) is 114 Å². The monoisotopic (exact) mass is 448 g/mol. The van der Waals surface area contributed by atoms with Gasteiger partial charge in [0.2, 0.25) is 0 Å². The molecule has 0 aliphatic carbocycles. The molecule has 33 heavy (non-hydrogen) atoms. The quantitative estimate of drug-likeness (QED) is 0.346. The highest BCUT2D eigenvalue weighted by atomic mass is 19.1. The van der Waals surface area contributed by atoms with E-state index in [1.165, 1.54) is 49.5 Å². The second kappa shape index (κ2) is 6.79.